The van der Waals surface area contributed by atoms with E-state index in [-0.39, 0.29) is 28.8 Å². The average Bonchev–Trinajstić information content (AvgIpc) is 2.77. The molecular weight excluding hydrogens is 302 g/mol. The van der Waals surface area contributed by atoms with Gasteiger partial charge in [-0.3, -0.25) is 0 Å². The summed E-state index contributed by atoms with van der Waals surface area (Å²) >= 11 is 0.903. The number of hydrogen-bond acceptors (Lipinski definition) is 5. The summed E-state index contributed by atoms with van der Waals surface area (Å²) < 4.78 is 26.9. The molecule has 0 saturated heterocycles. The summed E-state index contributed by atoms with van der Waals surface area (Å²) in [6.45, 7) is 3.67. The molecule has 114 valence electrons. The van der Waals surface area contributed by atoms with E-state index in [1.807, 2.05) is 6.92 Å². The van der Waals surface area contributed by atoms with Crippen molar-refractivity contribution < 1.29 is 23.4 Å². The molecule has 1 rings (SSSR count). The quantitative estimate of drug-likeness (QED) is 0.672. The molecule has 1 atom stereocenters. The summed E-state index contributed by atoms with van der Waals surface area (Å²) in [6.07, 6.45) is 1.24. The van der Waals surface area contributed by atoms with Crippen LogP contribution >= 0.6 is 11.3 Å². The van der Waals surface area contributed by atoms with Crippen molar-refractivity contribution >= 4 is 27.3 Å². The van der Waals surface area contributed by atoms with Crippen LogP contribution < -0.4 is 4.72 Å². The van der Waals surface area contributed by atoms with E-state index in [0.717, 1.165) is 17.8 Å². The van der Waals surface area contributed by atoms with Crippen LogP contribution in [0.1, 0.15) is 35.0 Å². The number of thiophene rings is 1. The number of aliphatic hydroxyl groups is 1. The summed E-state index contributed by atoms with van der Waals surface area (Å²) in [7, 11) is -3.85. The third-order valence-electron chi connectivity index (χ3n) is 3.06. The number of hydrogen-bond donors (Lipinski definition) is 3. The molecule has 0 aliphatic carbocycles. The summed E-state index contributed by atoms with van der Waals surface area (Å²) in [6, 6.07) is 0. The second kappa shape index (κ2) is 7.16. The molecule has 1 heterocycles. The van der Waals surface area contributed by atoms with Gasteiger partial charge in [0, 0.05) is 13.2 Å². The highest BCUT2D eigenvalue weighted by atomic mass is 32.2. The number of aliphatic hydroxyl groups excluding tert-OH is 1. The smallest absolute Gasteiger partial charge is 0.347 e. The van der Waals surface area contributed by atoms with Gasteiger partial charge in [0.25, 0.3) is 0 Å². The molecule has 0 aromatic carbocycles. The Labute approximate surface area is 122 Å². The molecule has 3 N–H and O–H groups in total. The van der Waals surface area contributed by atoms with Gasteiger partial charge in [0.15, 0.2) is 0 Å². The maximum atomic E-state index is 12.2. The Kier molecular flexibility index (Phi) is 6.12. The van der Waals surface area contributed by atoms with Crippen molar-refractivity contribution in [3.8, 4) is 0 Å². The zero-order chi connectivity index (χ0) is 15.3. The molecule has 0 aliphatic heterocycles. The number of aryl methyl sites for hydroxylation is 1. The molecule has 0 spiro atoms. The van der Waals surface area contributed by atoms with Gasteiger partial charge in [0.2, 0.25) is 10.0 Å². The number of carboxylic acids is 1. The first-order chi connectivity index (χ1) is 9.33. The molecule has 0 radical (unpaired) electrons. The van der Waals surface area contributed by atoms with Crippen LogP contribution in [0.15, 0.2) is 10.3 Å². The minimum atomic E-state index is -3.85. The van der Waals surface area contributed by atoms with Crippen LogP contribution in [0.4, 0.5) is 0 Å². The Morgan fingerprint density at radius 1 is 1.50 bits per heavy atom. The van der Waals surface area contributed by atoms with E-state index < -0.39 is 16.0 Å². The predicted molar refractivity (Wildman–Crippen MR) is 76.7 cm³/mol. The Morgan fingerprint density at radius 3 is 2.65 bits per heavy atom. The fourth-order valence-electron chi connectivity index (χ4n) is 1.85. The molecule has 8 heteroatoms. The normalized spacial score (nSPS) is 13.3. The van der Waals surface area contributed by atoms with Gasteiger partial charge in [-0.25, -0.2) is 17.9 Å². The van der Waals surface area contributed by atoms with Gasteiger partial charge in [0.1, 0.15) is 9.77 Å². The van der Waals surface area contributed by atoms with Crippen molar-refractivity contribution in [3.05, 3.63) is 15.8 Å². The third-order valence-corrected chi connectivity index (χ3v) is 5.88. The number of nitrogens with one attached hydrogen (secondary N) is 1. The molecule has 6 nitrogen and oxygen atoms in total. The topological polar surface area (TPSA) is 104 Å². The standard InChI is InChI=1S/C12H19NO5S2/c1-3-9(4-5-14)6-13-20(17,18)11-8(2)7-19-10(11)12(15)16/h7,9,13-14H,3-6H2,1-2H3,(H,15,16). The van der Waals surface area contributed by atoms with Crippen molar-refractivity contribution in [1.82, 2.24) is 4.72 Å². The zero-order valence-corrected chi connectivity index (χ0v) is 13.1. The third kappa shape index (κ3) is 4.02. The lowest BCUT2D eigenvalue weighted by molar-refractivity contribution is 0.0698. The Hall–Kier alpha value is -0.960. The monoisotopic (exact) mass is 321 g/mol. The van der Waals surface area contributed by atoms with Crippen LogP contribution in [0.5, 0.6) is 0 Å². The van der Waals surface area contributed by atoms with Gasteiger partial charge in [-0.1, -0.05) is 13.3 Å². The second-order valence-electron chi connectivity index (χ2n) is 4.52. The zero-order valence-electron chi connectivity index (χ0n) is 11.4. The lowest BCUT2D eigenvalue weighted by Gasteiger charge is -2.14. The van der Waals surface area contributed by atoms with Crippen LogP contribution in [0, 0.1) is 12.8 Å². The van der Waals surface area contributed by atoms with Crippen LogP contribution in [0.25, 0.3) is 0 Å². The molecule has 0 bridgehead atoms. The molecule has 1 aromatic heterocycles. The number of sulfonamides is 1. The van der Waals surface area contributed by atoms with Crippen LogP contribution in [0.3, 0.4) is 0 Å². The predicted octanol–water partition coefficient (Wildman–Crippen LogP) is 1.44. The van der Waals surface area contributed by atoms with E-state index in [4.69, 9.17) is 10.2 Å². The molecule has 0 saturated carbocycles. The first kappa shape index (κ1) is 17.1. The van der Waals surface area contributed by atoms with E-state index in [1.165, 1.54) is 5.38 Å². The Balaban J connectivity index is 2.94. The molecule has 20 heavy (non-hydrogen) atoms. The van der Waals surface area contributed by atoms with Crippen molar-refractivity contribution in [2.75, 3.05) is 13.2 Å². The van der Waals surface area contributed by atoms with Crippen molar-refractivity contribution in [3.63, 3.8) is 0 Å². The van der Waals surface area contributed by atoms with Gasteiger partial charge in [-0.15, -0.1) is 11.3 Å². The van der Waals surface area contributed by atoms with Crippen LogP contribution in [0.2, 0.25) is 0 Å². The molecule has 0 aliphatic rings. The fourth-order valence-corrected chi connectivity index (χ4v) is 4.59. The highest BCUT2D eigenvalue weighted by molar-refractivity contribution is 7.89. The maximum absolute atomic E-state index is 12.2. The van der Waals surface area contributed by atoms with Crippen molar-refractivity contribution in [2.45, 2.75) is 31.6 Å². The fraction of sp³-hybridized carbons (Fsp3) is 0.583. The largest absolute Gasteiger partial charge is 0.477 e. The molecule has 0 fully saturated rings. The van der Waals surface area contributed by atoms with E-state index in [2.05, 4.69) is 4.72 Å². The maximum Gasteiger partial charge on any atom is 0.347 e. The van der Waals surface area contributed by atoms with Gasteiger partial charge in [-0.2, -0.15) is 0 Å². The summed E-state index contributed by atoms with van der Waals surface area (Å²) in [5, 5.41) is 19.4. The van der Waals surface area contributed by atoms with Gasteiger partial charge in [-0.05, 0) is 30.2 Å². The van der Waals surface area contributed by atoms with E-state index in [0.29, 0.717) is 12.0 Å². The van der Waals surface area contributed by atoms with Crippen LogP contribution in [-0.4, -0.2) is 37.8 Å². The first-order valence-electron chi connectivity index (χ1n) is 6.25. The summed E-state index contributed by atoms with van der Waals surface area (Å²) in [4.78, 5) is 10.7. The molecular formula is C12H19NO5S2. The highest BCUT2D eigenvalue weighted by Gasteiger charge is 2.27. The number of aromatic carboxylic acids is 1. The van der Waals surface area contributed by atoms with E-state index >= 15 is 0 Å². The van der Waals surface area contributed by atoms with Gasteiger partial charge < -0.3 is 10.2 Å². The lowest BCUT2D eigenvalue weighted by Crippen LogP contribution is -2.30. The molecule has 1 aromatic rings. The highest BCUT2D eigenvalue weighted by Crippen LogP contribution is 2.26. The van der Waals surface area contributed by atoms with Gasteiger partial charge >= 0.3 is 5.97 Å². The minimum absolute atomic E-state index is 0.00190. The van der Waals surface area contributed by atoms with E-state index in [9.17, 15) is 13.2 Å². The van der Waals surface area contributed by atoms with Crippen LogP contribution in [-0.2, 0) is 10.0 Å². The summed E-state index contributed by atoms with van der Waals surface area (Å²) in [5.41, 5.74) is 0.426. The second-order valence-corrected chi connectivity index (χ2v) is 7.10. The average molecular weight is 321 g/mol. The number of carbonyl (C=O) groups is 1. The number of carboxylic acid groups (broad SMARTS) is 1. The molecule has 0 amide bonds. The van der Waals surface area contributed by atoms with E-state index in [1.54, 1.807) is 6.92 Å². The first-order valence-corrected chi connectivity index (χ1v) is 8.61. The Bertz CT molecular complexity index is 564. The lowest BCUT2D eigenvalue weighted by atomic mass is 10.0. The SMILES string of the molecule is CCC(CCO)CNS(=O)(=O)c1c(C)csc1C(=O)O. The van der Waals surface area contributed by atoms with Crippen molar-refractivity contribution in [2.24, 2.45) is 5.92 Å². The molecule has 1 unspecified atom stereocenters. The minimum Gasteiger partial charge on any atom is -0.477 e. The number of rotatable bonds is 8. The Morgan fingerprint density at radius 2 is 2.15 bits per heavy atom. The summed E-state index contributed by atoms with van der Waals surface area (Å²) in [5.74, 6) is -1.21. The van der Waals surface area contributed by atoms with Crippen molar-refractivity contribution in [1.29, 1.82) is 0 Å². The van der Waals surface area contributed by atoms with Gasteiger partial charge in [0.05, 0.1) is 0 Å².